The van der Waals surface area contributed by atoms with Gasteiger partial charge in [-0.15, -0.1) is 0 Å². The summed E-state index contributed by atoms with van der Waals surface area (Å²) in [5, 5.41) is 11.2. The molecule has 1 aromatic carbocycles. The monoisotopic (exact) mass is 363 g/mol. The minimum atomic E-state index is -0.179. The SMILES string of the molecule is O=C(NC1CCN(C(=O)CCc2ccccc2)C1)c1cnn2ncccc12. The van der Waals surface area contributed by atoms with E-state index in [4.69, 9.17) is 0 Å². The van der Waals surface area contributed by atoms with Gasteiger partial charge in [0.15, 0.2) is 0 Å². The van der Waals surface area contributed by atoms with Crippen molar-refractivity contribution in [1.82, 2.24) is 25.0 Å². The maximum atomic E-state index is 12.6. The number of aryl methyl sites for hydroxylation is 1. The summed E-state index contributed by atoms with van der Waals surface area (Å²) in [6.07, 6.45) is 5.14. The minimum absolute atomic E-state index is 0.0372. The fraction of sp³-hybridized carbons (Fsp3) is 0.300. The van der Waals surface area contributed by atoms with Gasteiger partial charge in [-0.2, -0.15) is 14.8 Å². The summed E-state index contributed by atoms with van der Waals surface area (Å²) < 4.78 is 1.43. The Morgan fingerprint density at radius 3 is 2.81 bits per heavy atom. The Morgan fingerprint density at radius 2 is 1.96 bits per heavy atom. The van der Waals surface area contributed by atoms with Crippen molar-refractivity contribution in [1.29, 1.82) is 0 Å². The molecular weight excluding hydrogens is 342 g/mol. The van der Waals surface area contributed by atoms with Crippen LogP contribution in [0.15, 0.2) is 54.9 Å². The van der Waals surface area contributed by atoms with Crippen LogP contribution in [-0.4, -0.2) is 50.7 Å². The number of amides is 2. The molecule has 0 saturated carbocycles. The lowest BCUT2D eigenvalue weighted by Crippen LogP contribution is -2.38. The molecule has 0 spiro atoms. The molecule has 27 heavy (non-hydrogen) atoms. The minimum Gasteiger partial charge on any atom is -0.347 e. The second-order valence-electron chi connectivity index (χ2n) is 6.74. The molecule has 7 nitrogen and oxygen atoms in total. The molecule has 1 aliphatic rings. The summed E-state index contributed by atoms with van der Waals surface area (Å²) >= 11 is 0. The van der Waals surface area contributed by atoms with Gasteiger partial charge in [-0.3, -0.25) is 9.59 Å². The van der Waals surface area contributed by atoms with E-state index in [1.807, 2.05) is 41.3 Å². The number of likely N-dealkylation sites (tertiary alicyclic amines) is 1. The Kier molecular flexibility index (Phi) is 4.82. The summed E-state index contributed by atoms with van der Waals surface area (Å²) in [5.41, 5.74) is 2.33. The van der Waals surface area contributed by atoms with Crippen LogP contribution in [0, 0.1) is 0 Å². The van der Waals surface area contributed by atoms with Crippen LogP contribution in [-0.2, 0) is 11.2 Å². The average molecular weight is 363 g/mol. The summed E-state index contributed by atoms with van der Waals surface area (Å²) in [6.45, 7) is 1.23. The van der Waals surface area contributed by atoms with Gasteiger partial charge in [-0.25, -0.2) is 0 Å². The number of hydrogen-bond acceptors (Lipinski definition) is 4. The molecule has 4 rings (SSSR count). The van der Waals surface area contributed by atoms with Crippen molar-refractivity contribution in [2.75, 3.05) is 13.1 Å². The van der Waals surface area contributed by atoms with Crippen LogP contribution < -0.4 is 5.32 Å². The topological polar surface area (TPSA) is 79.6 Å². The lowest BCUT2D eigenvalue weighted by Gasteiger charge is -2.17. The molecule has 0 bridgehead atoms. The van der Waals surface area contributed by atoms with E-state index in [-0.39, 0.29) is 17.9 Å². The third-order valence-corrected chi connectivity index (χ3v) is 4.90. The van der Waals surface area contributed by atoms with E-state index in [9.17, 15) is 9.59 Å². The van der Waals surface area contributed by atoms with Crippen LogP contribution >= 0.6 is 0 Å². The summed E-state index contributed by atoms with van der Waals surface area (Å²) in [5.74, 6) is -0.0441. The van der Waals surface area contributed by atoms with Crippen molar-refractivity contribution in [3.05, 3.63) is 66.0 Å². The van der Waals surface area contributed by atoms with E-state index in [1.54, 1.807) is 12.3 Å². The van der Waals surface area contributed by atoms with E-state index < -0.39 is 0 Å². The standard InChI is InChI=1S/C20H21N5O2/c26-19(9-8-15-5-2-1-3-6-15)24-12-10-16(14-24)23-20(27)17-13-22-25-18(17)7-4-11-21-25/h1-7,11,13,16H,8-10,12,14H2,(H,23,27). The quantitative estimate of drug-likeness (QED) is 0.748. The average Bonchev–Trinajstić information content (AvgIpc) is 3.34. The van der Waals surface area contributed by atoms with Crippen molar-refractivity contribution in [3.63, 3.8) is 0 Å². The van der Waals surface area contributed by atoms with E-state index in [0.717, 1.165) is 18.4 Å². The molecule has 0 aliphatic carbocycles. The highest BCUT2D eigenvalue weighted by Crippen LogP contribution is 2.14. The maximum absolute atomic E-state index is 12.6. The predicted octanol–water partition coefficient (Wildman–Crippen LogP) is 1.69. The van der Waals surface area contributed by atoms with Gasteiger partial charge in [0, 0.05) is 31.7 Å². The fourth-order valence-electron chi connectivity index (χ4n) is 3.43. The molecule has 138 valence electrons. The van der Waals surface area contributed by atoms with Crippen molar-refractivity contribution < 1.29 is 9.59 Å². The van der Waals surface area contributed by atoms with Gasteiger partial charge in [0.1, 0.15) is 5.52 Å². The fourth-order valence-corrected chi connectivity index (χ4v) is 3.43. The predicted molar refractivity (Wildman–Crippen MR) is 100 cm³/mol. The van der Waals surface area contributed by atoms with E-state index in [2.05, 4.69) is 15.5 Å². The van der Waals surface area contributed by atoms with Gasteiger partial charge in [0.25, 0.3) is 5.91 Å². The van der Waals surface area contributed by atoms with Gasteiger partial charge in [-0.1, -0.05) is 30.3 Å². The summed E-state index contributed by atoms with van der Waals surface area (Å²) in [7, 11) is 0. The highest BCUT2D eigenvalue weighted by Gasteiger charge is 2.28. The molecule has 1 N–H and O–H groups in total. The third kappa shape index (κ3) is 3.81. The molecule has 3 aromatic rings. The zero-order valence-corrected chi connectivity index (χ0v) is 14.9. The Balaban J connectivity index is 1.31. The third-order valence-electron chi connectivity index (χ3n) is 4.90. The van der Waals surface area contributed by atoms with Crippen molar-refractivity contribution >= 4 is 17.3 Å². The molecule has 1 unspecified atom stereocenters. The van der Waals surface area contributed by atoms with Crippen LogP contribution in [0.25, 0.3) is 5.52 Å². The number of carbonyl (C=O) groups excluding carboxylic acids is 2. The first-order valence-corrected chi connectivity index (χ1v) is 9.12. The van der Waals surface area contributed by atoms with Gasteiger partial charge in [0.05, 0.1) is 11.8 Å². The molecule has 0 radical (unpaired) electrons. The van der Waals surface area contributed by atoms with Crippen LogP contribution in [0.1, 0.15) is 28.8 Å². The molecule has 2 aromatic heterocycles. The zero-order valence-electron chi connectivity index (χ0n) is 14.9. The zero-order chi connectivity index (χ0) is 18.6. The molecular formula is C20H21N5O2. The number of aromatic nitrogens is 3. The number of rotatable bonds is 5. The largest absolute Gasteiger partial charge is 0.347 e. The second-order valence-corrected chi connectivity index (χ2v) is 6.74. The summed E-state index contributed by atoms with van der Waals surface area (Å²) in [4.78, 5) is 26.9. The van der Waals surface area contributed by atoms with E-state index in [0.29, 0.717) is 30.6 Å². The first-order chi connectivity index (χ1) is 13.2. The van der Waals surface area contributed by atoms with Gasteiger partial charge >= 0.3 is 0 Å². The normalized spacial score (nSPS) is 16.6. The van der Waals surface area contributed by atoms with Crippen molar-refractivity contribution in [3.8, 4) is 0 Å². The number of nitrogens with zero attached hydrogens (tertiary/aromatic N) is 4. The van der Waals surface area contributed by atoms with E-state index in [1.165, 1.54) is 10.8 Å². The van der Waals surface area contributed by atoms with Crippen molar-refractivity contribution in [2.24, 2.45) is 0 Å². The molecule has 3 heterocycles. The Bertz CT molecular complexity index is 953. The van der Waals surface area contributed by atoms with Gasteiger partial charge < -0.3 is 10.2 Å². The number of fused-ring (bicyclic) bond motifs is 1. The van der Waals surface area contributed by atoms with Crippen molar-refractivity contribution in [2.45, 2.75) is 25.3 Å². The summed E-state index contributed by atoms with van der Waals surface area (Å²) in [6, 6.07) is 13.5. The number of nitrogens with one attached hydrogen (secondary N) is 1. The highest BCUT2D eigenvalue weighted by atomic mass is 16.2. The Labute approximate surface area is 157 Å². The first-order valence-electron chi connectivity index (χ1n) is 9.12. The molecule has 7 heteroatoms. The van der Waals surface area contributed by atoms with E-state index >= 15 is 0 Å². The number of hydrogen-bond donors (Lipinski definition) is 1. The maximum Gasteiger partial charge on any atom is 0.255 e. The first kappa shape index (κ1) is 17.2. The van der Waals surface area contributed by atoms with Gasteiger partial charge in [-0.05, 0) is 30.5 Å². The van der Waals surface area contributed by atoms with Crippen LogP contribution in [0.2, 0.25) is 0 Å². The molecule has 1 saturated heterocycles. The van der Waals surface area contributed by atoms with Gasteiger partial charge in [0.2, 0.25) is 5.91 Å². The molecule has 1 atom stereocenters. The van der Waals surface area contributed by atoms with Crippen LogP contribution in [0.4, 0.5) is 0 Å². The van der Waals surface area contributed by atoms with Crippen LogP contribution in [0.5, 0.6) is 0 Å². The molecule has 1 fully saturated rings. The Hall–Kier alpha value is -3.22. The Morgan fingerprint density at radius 1 is 1.11 bits per heavy atom. The number of carbonyl (C=O) groups is 2. The molecule has 1 aliphatic heterocycles. The number of benzene rings is 1. The highest BCUT2D eigenvalue weighted by molar-refractivity contribution is 6.00. The van der Waals surface area contributed by atoms with Crippen LogP contribution in [0.3, 0.4) is 0 Å². The lowest BCUT2D eigenvalue weighted by atomic mass is 10.1. The lowest BCUT2D eigenvalue weighted by molar-refractivity contribution is -0.130. The smallest absolute Gasteiger partial charge is 0.255 e. The molecule has 2 amide bonds. The second kappa shape index (κ2) is 7.57.